The number of aromatic amines is 1. The quantitative estimate of drug-likeness (QED) is 0.555. The Labute approximate surface area is 154 Å². The van der Waals surface area contributed by atoms with Gasteiger partial charge in [-0.2, -0.15) is 5.10 Å². The molecule has 5 rings (SSSR count). The molecule has 0 saturated heterocycles. The molecular formula is C18H18ClN7. The Morgan fingerprint density at radius 3 is 2.81 bits per heavy atom. The van der Waals surface area contributed by atoms with Crippen LogP contribution in [-0.4, -0.2) is 29.7 Å². The minimum Gasteiger partial charge on any atom is -0.383 e. The van der Waals surface area contributed by atoms with Gasteiger partial charge < -0.3 is 10.7 Å². The van der Waals surface area contributed by atoms with Crippen molar-refractivity contribution in [2.75, 3.05) is 5.73 Å². The van der Waals surface area contributed by atoms with Crippen molar-refractivity contribution >= 4 is 39.5 Å². The molecule has 26 heavy (non-hydrogen) atoms. The number of aromatic nitrogens is 6. The number of hydrogen-bond donors (Lipinski definition) is 2. The molecule has 1 aliphatic rings. The molecule has 1 fully saturated rings. The molecule has 0 amide bonds. The van der Waals surface area contributed by atoms with Gasteiger partial charge in [0.05, 0.1) is 22.1 Å². The van der Waals surface area contributed by atoms with Crippen molar-refractivity contribution in [3.05, 3.63) is 29.7 Å². The van der Waals surface area contributed by atoms with Crippen LogP contribution >= 0.6 is 11.6 Å². The molecule has 0 unspecified atom stereocenters. The van der Waals surface area contributed by atoms with Gasteiger partial charge in [-0.1, -0.05) is 30.9 Å². The number of pyridine rings is 1. The molecule has 0 spiro atoms. The number of nitrogens with one attached hydrogen (secondary N) is 1. The lowest BCUT2D eigenvalue weighted by Crippen LogP contribution is -2.14. The fourth-order valence-electron chi connectivity index (χ4n) is 3.90. The molecule has 4 aromatic heterocycles. The van der Waals surface area contributed by atoms with Crippen LogP contribution < -0.4 is 5.73 Å². The second-order valence-corrected chi connectivity index (χ2v) is 7.13. The number of fused-ring (bicyclic) bond motifs is 2. The minimum absolute atomic E-state index is 0.329. The summed E-state index contributed by atoms with van der Waals surface area (Å²) >= 11 is 6.64. The van der Waals surface area contributed by atoms with Crippen molar-refractivity contribution in [1.82, 2.24) is 29.7 Å². The van der Waals surface area contributed by atoms with E-state index in [1.54, 1.807) is 6.20 Å². The minimum atomic E-state index is 0.329. The lowest BCUT2D eigenvalue weighted by molar-refractivity contribution is 0.336. The Morgan fingerprint density at radius 2 is 2.00 bits per heavy atom. The summed E-state index contributed by atoms with van der Waals surface area (Å²) in [5, 5.41) is 7.08. The van der Waals surface area contributed by atoms with E-state index in [-0.39, 0.29) is 0 Å². The summed E-state index contributed by atoms with van der Waals surface area (Å²) < 4.78 is 2.01. The summed E-state index contributed by atoms with van der Waals surface area (Å²) in [7, 11) is 0. The van der Waals surface area contributed by atoms with Gasteiger partial charge in [-0.25, -0.2) is 19.6 Å². The number of H-pyrrole nitrogens is 1. The first-order valence-electron chi connectivity index (χ1n) is 8.85. The number of halogens is 1. The Bertz CT molecular complexity index is 1110. The highest BCUT2D eigenvalue weighted by molar-refractivity contribution is 6.38. The Kier molecular flexibility index (Phi) is 3.56. The molecule has 1 saturated carbocycles. The zero-order chi connectivity index (χ0) is 17.7. The van der Waals surface area contributed by atoms with Crippen molar-refractivity contribution in [1.29, 1.82) is 0 Å². The standard InChI is InChI=1S/C18H18ClN7/c19-13-11-7-4-8-21-17(11)24-15(13)14-12-16(20)22-9-23-18(12)26(25-14)10-5-2-1-3-6-10/h4,7-10H,1-3,5-6H2,(H,21,24)(H2,20,22,23). The van der Waals surface area contributed by atoms with E-state index in [1.165, 1.54) is 25.6 Å². The normalized spacial score (nSPS) is 15.9. The van der Waals surface area contributed by atoms with Crippen molar-refractivity contribution < 1.29 is 0 Å². The average molecular weight is 368 g/mol. The first-order valence-corrected chi connectivity index (χ1v) is 9.23. The molecule has 0 bridgehead atoms. The highest BCUT2D eigenvalue weighted by atomic mass is 35.5. The highest BCUT2D eigenvalue weighted by Gasteiger charge is 2.26. The van der Waals surface area contributed by atoms with E-state index in [0.29, 0.717) is 28.3 Å². The van der Waals surface area contributed by atoms with Crippen LogP contribution in [0.5, 0.6) is 0 Å². The van der Waals surface area contributed by atoms with Crippen LogP contribution in [0.3, 0.4) is 0 Å². The zero-order valence-electron chi connectivity index (χ0n) is 14.1. The largest absolute Gasteiger partial charge is 0.383 e. The predicted molar refractivity (Wildman–Crippen MR) is 102 cm³/mol. The lowest BCUT2D eigenvalue weighted by Gasteiger charge is -2.22. The summed E-state index contributed by atoms with van der Waals surface area (Å²) in [4.78, 5) is 16.3. The van der Waals surface area contributed by atoms with E-state index in [9.17, 15) is 0 Å². The van der Waals surface area contributed by atoms with E-state index >= 15 is 0 Å². The first kappa shape index (κ1) is 15.6. The third-order valence-corrected chi connectivity index (χ3v) is 5.58. The van der Waals surface area contributed by atoms with E-state index in [1.807, 2.05) is 16.8 Å². The monoisotopic (exact) mass is 367 g/mol. The highest BCUT2D eigenvalue weighted by Crippen LogP contribution is 2.39. The molecule has 7 nitrogen and oxygen atoms in total. The molecule has 8 heteroatoms. The number of nitrogen functional groups attached to an aromatic ring is 1. The SMILES string of the molecule is Nc1ncnc2c1c(-c1[nH]c3ncccc3c1Cl)nn2C1CCCCC1. The maximum atomic E-state index is 6.64. The van der Waals surface area contributed by atoms with Crippen LogP contribution in [0.1, 0.15) is 38.1 Å². The zero-order valence-corrected chi connectivity index (χ0v) is 14.9. The molecular weight excluding hydrogens is 350 g/mol. The third-order valence-electron chi connectivity index (χ3n) is 5.18. The van der Waals surface area contributed by atoms with E-state index in [4.69, 9.17) is 22.4 Å². The molecule has 132 valence electrons. The van der Waals surface area contributed by atoms with Gasteiger partial charge in [-0.15, -0.1) is 0 Å². The van der Waals surface area contributed by atoms with Gasteiger partial charge in [0, 0.05) is 11.6 Å². The molecule has 3 N–H and O–H groups in total. The van der Waals surface area contributed by atoms with Gasteiger partial charge in [-0.3, -0.25) is 0 Å². The molecule has 4 heterocycles. The molecule has 0 radical (unpaired) electrons. The van der Waals surface area contributed by atoms with Gasteiger partial charge in [0.1, 0.15) is 23.5 Å². The van der Waals surface area contributed by atoms with Gasteiger partial charge in [-0.05, 0) is 25.0 Å². The predicted octanol–water partition coefficient (Wildman–Crippen LogP) is 4.11. The van der Waals surface area contributed by atoms with Crippen molar-refractivity contribution in [2.24, 2.45) is 0 Å². The second kappa shape index (κ2) is 5.95. The second-order valence-electron chi connectivity index (χ2n) is 6.76. The van der Waals surface area contributed by atoms with Gasteiger partial charge in [0.15, 0.2) is 5.65 Å². The van der Waals surface area contributed by atoms with Gasteiger partial charge in [0.25, 0.3) is 0 Å². The Balaban J connectivity index is 1.78. The Hall–Kier alpha value is -2.67. The molecule has 0 aromatic carbocycles. The van der Waals surface area contributed by atoms with Crippen LogP contribution in [0.15, 0.2) is 24.7 Å². The molecule has 0 atom stereocenters. The smallest absolute Gasteiger partial charge is 0.164 e. The number of anilines is 1. The Morgan fingerprint density at radius 1 is 1.15 bits per heavy atom. The molecule has 0 aliphatic heterocycles. The van der Waals surface area contributed by atoms with Gasteiger partial charge >= 0.3 is 0 Å². The lowest BCUT2D eigenvalue weighted by atomic mass is 9.96. The number of nitrogens with two attached hydrogens (primary N) is 1. The van der Waals surface area contributed by atoms with Crippen LogP contribution in [0, 0.1) is 0 Å². The number of rotatable bonds is 2. The summed E-state index contributed by atoms with van der Waals surface area (Å²) in [5.41, 5.74) is 9.09. The number of nitrogens with zero attached hydrogens (tertiary/aromatic N) is 5. The summed E-state index contributed by atoms with van der Waals surface area (Å²) in [6.07, 6.45) is 9.12. The first-order chi connectivity index (χ1) is 12.7. The summed E-state index contributed by atoms with van der Waals surface area (Å²) in [6, 6.07) is 4.13. The topological polar surface area (TPSA) is 98.3 Å². The van der Waals surface area contributed by atoms with Crippen molar-refractivity contribution in [3.63, 3.8) is 0 Å². The van der Waals surface area contributed by atoms with E-state index < -0.39 is 0 Å². The summed E-state index contributed by atoms with van der Waals surface area (Å²) in [5.74, 6) is 0.412. The van der Waals surface area contributed by atoms with Crippen LogP contribution in [0.25, 0.3) is 33.5 Å². The summed E-state index contributed by atoms with van der Waals surface area (Å²) in [6.45, 7) is 0. The maximum Gasteiger partial charge on any atom is 0.164 e. The fraction of sp³-hybridized carbons (Fsp3) is 0.333. The maximum absolute atomic E-state index is 6.64. The third kappa shape index (κ3) is 2.27. The van der Waals surface area contributed by atoms with Crippen molar-refractivity contribution in [2.45, 2.75) is 38.1 Å². The number of hydrogen-bond acceptors (Lipinski definition) is 5. The van der Waals surface area contributed by atoms with E-state index in [0.717, 1.165) is 34.9 Å². The van der Waals surface area contributed by atoms with Crippen LogP contribution in [0.2, 0.25) is 5.02 Å². The fourth-order valence-corrected chi connectivity index (χ4v) is 4.19. The molecule has 1 aliphatic carbocycles. The van der Waals surface area contributed by atoms with Crippen LogP contribution in [0.4, 0.5) is 5.82 Å². The van der Waals surface area contributed by atoms with Crippen LogP contribution in [-0.2, 0) is 0 Å². The van der Waals surface area contributed by atoms with Crippen molar-refractivity contribution in [3.8, 4) is 11.4 Å². The van der Waals surface area contributed by atoms with E-state index in [2.05, 4.69) is 19.9 Å². The molecule has 4 aromatic rings. The average Bonchev–Trinajstić information content (AvgIpc) is 3.22. The van der Waals surface area contributed by atoms with Gasteiger partial charge in [0.2, 0.25) is 0 Å².